The van der Waals surface area contributed by atoms with Crippen LogP contribution in [0.2, 0.25) is 0 Å². The first kappa shape index (κ1) is 25.4. The van der Waals surface area contributed by atoms with Crippen LogP contribution in [-0.4, -0.2) is 34.7 Å². The van der Waals surface area contributed by atoms with E-state index in [0.717, 1.165) is 51.7 Å². The molecule has 0 radical (unpaired) electrons. The number of nitrogens with zero attached hydrogens (tertiary/aromatic N) is 2. The second-order valence-corrected chi connectivity index (χ2v) is 10.2. The number of hydrogen-bond acceptors (Lipinski definition) is 4. The molecule has 2 N–H and O–H groups in total. The molecule has 2 aromatic carbocycles. The van der Waals surface area contributed by atoms with Crippen molar-refractivity contribution in [2.75, 3.05) is 13.1 Å². The zero-order valence-electron chi connectivity index (χ0n) is 21.0. The highest BCUT2D eigenvalue weighted by Gasteiger charge is 2.39. The van der Waals surface area contributed by atoms with Crippen LogP contribution in [0.25, 0.3) is 0 Å². The van der Waals surface area contributed by atoms with E-state index in [4.69, 9.17) is 4.99 Å². The Balaban J connectivity index is 0.00000141. The number of hydroxylamine groups is 3. The van der Waals surface area contributed by atoms with Crippen molar-refractivity contribution in [3.05, 3.63) is 88.0 Å². The van der Waals surface area contributed by atoms with Gasteiger partial charge in [0, 0.05) is 35.6 Å². The molecule has 1 fully saturated rings. The minimum atomic E-state index is -0.270. The number of nitrogens with one attached hydrogen (secondary N) is 1. The normalized spacial score (nSPS) is 20.5. The minimum Gasteiger partial charge on any atom is -0.352 e. The molecule has 1 saturated heterocycles. The molecule has 35 heavy (non-hydrogen) atoms. The highest BCUT2D eigenvalue weighted by molar-refractivity contribution is 8.03. The van der Waals surface area contributed by atoms with Crippen LogP contribution in [0.3, 0.4) is 0 Å². The molecule has 184 valence electrons. The van der Waals surface area contributed by atoms with Gasteiger partial charge in [0.25, 0.3) is 5.84 Å². The van der Waals surface area contributed by atoms with Gasteiger partial charge in [-0.1, -0.05) is 73.6 Å². The molecule has 0 saturated carbocycles. The summed E-state index contributed by atoms with van der Waals surface area (Å²) in [5.74, 6) is 0.458. The van der Waals surface area contributed by atoms with Gasteiger partial charge in [0.2, 0.25) is 5.91 Å². The van der Waals surface area contributed by atoms with Crippen LogP contribution in [0.4, 0.5) is 0 Å². The monoisotopic (exact) mass is 490 g/mol. The Hall–Kier alpha value is -2.67. The first-order chi connectivity index (χ1) is 17.0. The predicted molar refractivity (Wildman–Crippen MR) is 143 cm³/mol. The van der Waals surface area contributed by atoms with Crippen molar-refractivity contribution in [2.24, 2.45) is 10.9 Å². The largest absolute Gasteiger partial charge is 0.352 e. The third-order valence-electron chi connectivity index (χ3n) is 6.60. The maximum atomic E-state index is 13.0. The summed E-state index contributed by atoms with van der Waals surface area (Å²) in [7, 11) is 0. The molecule has 2 aromatic rings. The van der Waals surface area contributed by atoms with E-state index < -0.39 is 0 Å². The van der Waals surface area contributed by atoms with Crippen LogP contribution in [0, 0.1) is 12.8 Å². The number of amides is 1. The Morgan fingerprint density at radius 3 is 2.66 bits per heavy atom. The van der Waals surface area contributed by atoms with Crippen molar-refractivity contribution in [3.63, 3.8) is 0 Å². The molecule has 5 nitrogen and oxygen atoms in total. The van der Waals surface area contributed by atoms with Crippen LogP contribution in [-0.2, 0) is 11.3 Å². The van der Waals surface area contributed by atoms with E-state index >= 15 is 0 Å². The van der Waals surface area contributed by atoms with Crippen LogP contribution in [0.5, 0.6) is 0 Å². The summed E-state index contributed by atoms with van der Waals surface area (Å²) in [6.07, 6.45) is 7.67. The summed E-state index contributed by atoms with van der Waals surface area (Å²) in [6.45, 7) is 7.93. The van der Waals surface area contributed by atoms with E-state index in [1.165, 1.54) is 5.56 Å². The number of hydrogen-bond donors (Lipinski definition) is 2. The SMILES string of the molecule is CC.Cc1cccc(CNC(=O)C2C=CC3=C(C2)N=C([N+]2(O)CCCCC2)c2ccccc2S3)c1. The maximum absolute atomic E-state index is 13.0. The van der Waals surface area contributed by atoms with Crippen LogP contribution < -0.4 is 5.32 Å². The molecule has 0 aromatic heterocycles. The molecule has 6 heteroatoms. The van der Waals surface area contributed by atoms with Gasteiger partial charge < -0.3 is 5.32 Å². The van der Waals surface area contributed by atoms with E-state index in [2.05, 4.69) is 36.5 Å². The van der Waals surface area contributed by atoms with Crippen molar-refractivity contribution in [1.82, 2.24) is 5.32 Å². The lowest BCUT2D eigenvalue weighted by Crippen LogP contribution is -2.53. The standard InChI is InChI=1S/C27H29N3O2S.C2H6/c1-19-8-7-9-20(16-19)18-28-27(31)21-12-13-25-23(17-21)29-26(30(32)14-5-2-6-15-30)22-10-3-4-11-24(22)33-25;1-2/h3-4,7-13,16,21,32H,2,5-6,14-15,17-18H2,1H3;1-2H3/p+1. The summed E-state index contributed by atoms with van der Waals surface area (Å²) >= 11 is 1.68. The molecule has 0 bridgehead atoms. The maximum Gasteiger partial charge on any atom is 0.269 e. The summed E-state index contributed by atoms with van der Waals surface area (Å²) < 4.78 is -0.123. The average molecular weight is 491 g/mol. The summed E-state index contributed by atoms with van der Waals surface area (Å²) in [5.41, 5.74) is 4.17. The number of likely N-dealkylation sites (tertiary alicyclic amines) is 1. The third-order valence-corrected chi connectivity index (χ3v) is 7.77. The smallest absolute Gasteiger partial charge is 0.269 e. The topological polar surface area (TPSA) is 61.7 Å². The van der Waals surface area contributed by atoms with Gasteiger partial charge in [-0.05, 0) is 37.1 Å². The predicted octanol–water partition coefficient (Wildman–Crippen LogP) is 6.37. The Kier molecular flexibility index (Phi) is 8.26. The molecule has 5 rings (SSSR count). The number of aryl methyl sites for hydroxylation is 1. The lowest BCUT2D eigenvalue weighted by Gasteiger charge is -2.33. The van der Waals surface area contributed by atoms with E-state index in [1.54, 1.807) is 11.8 Å². The number of quaternary nitrogens is 1. The number of amidine groups is 1. The number of fused-ring (bicyclic) bond motifs is 1. The van der Waals surface area contributed by atoms with Crippen LogP contribution in [0.15, 0.2) is 81.2 Å². The molecule has 2 heterocycles. The number of rotatable bonds is 3. The highest BCUT2D eigenvalue weighted by Crippen LogP contribution is 2.42. The fourth-order valence-corrected chi connectivity index (χ4v) is 5.85. The first-order valence-corrected chi connectivity index (χ1v) is 13.5. The number of aliphatic imine (C=N–C) groups is 1. The molecular weight excluding hydrogens is 454 g/mol. The molecule has 3 aliphatic rings. The van der Waals surface area contributed by atoms with E-state index in [-0.39, 0.29) is 16.5 Å². The molecule has 1 unspecified atom stereocenters. The number of allylic oxidation sites excluding steroid dienone is 2. The Morgan fingerprint density at radius 2 is 1.89 bits per heavy atom. The van der Waals surface area contributed by atoms with Crippen molar-refractivity contribution >= 4 is 23.5 Å². The van der Waals surface area contributed by atoms with Crippen molar-refractivity contribution in [3.8, 4) is 0 Å². The Morgan fingerprint density at radius 1 is 1.11 bits per heavy atom. The summed E-state index contributed by atoms with van der Waals surface area (Å²) in [4.78, 5) is 20.2. The molecule has 2 aliphatic heterocycles. The summed E-state index contributed by atoms with van der Waals surface area (Å²) in [5, 5.41) is 14.6. The number of thioether (sulfide) groups is 1. The quantitative estimate of drug-likeness (QED) is 0.492. The van der Waals surface area contributed by atoms with Crippen molar-refractivity contribution < 1.29 is 14.6 Å². The zero-order valence-corrected chi connectivity index (χ0v) is 21.8. The fourth-order valence-electron chi connectivity index (χ4n) is 4.80. The van der Waals surface area contributed by atoms with Crippen molar-refractivity contribution in [2.45, 2.75) is 57.9 Å². The van der Waals surface area contributed by atoms with Gasteiger partial charge in [-0.25, -0.2) is 5.21 Å². The minimum absolute atomic E-state index is 0.00804. The van der Waals surface area contributed by atoms with E-state index in [0.29, 0.717) is 26.1 Å². The van der Waals surface area contributed by atoms with Crippen LogP contribution >= 0.6 is 11.8 Å². The summed E-state index contributed by atoms with van der Waals surface area (Å²) in [6, 6.07) is 16.4. The fraction of sp³-hybridized carbons (Fsp3) is 0.379. The van der Waals surface area contributed by atoms with E-state index in [9.17, 15) is 10.0 Å². The zero-order chi connectivity index (χ0) is 24.8. The van der Waals surface area contributed by atoms with Gasteiger partial charge in [0.1, 0.15) is 13.1 Å². The third kappa shape index (κ3) is 5.77. The molecule has 0 spiro atoms. The van der Waals surface area contributed by atoms with Gasteiger partial charge in [0.15, 0.2) is 0 Å². The molecule has 1 aliphatic carbocycles. The molecule has 1 atom stereocenters. The average Bonchev–Trinajstić information content (AvgIpc) is 3.06. The van der Waals surface area contributed by atoms with E-state index in [1.807, 2.05) is 50.3 Å². The second-order valence-electron chi connectivity index (χ2n) is 9.15. The molecule has 1 amide bonds. The Labute approximate surface area is 213 Å². The number of benzene rings is 2. The van der Waals surface area contributed by atoms with Gasteiger partial charge in [-0.3, -0.25) is 4.79 Å². The lowest BCUT2D eigenvalue weighted by atomic mass is 9.97. The van der Waals surface area contributed by atoms with Crippen molar-refractivity contribution in [1.29, 1.82) is 0 Å². The Bertz CT molecular complexity index is 1160. The van der Waals surface area contributed by atoms with Crippen LogP contribution in [0.1, 0.15) is 56.2 Å². The number of carbonyl (C=O) groups is 1. The van der Waals surface area contributed by atoms with Gasteiger partial charge in [-0.2, -0.15) is 4.99 Å². The highest BCUT2D eigenvalue weighted by atomic mass is 32.2. The molecular formula is C29H36N3O2S+. The van der Waals surface area contributed by atoms with Gasteiger partial charge in [-0.15, -0.1) is 4.65 Å². The lowest BCUT2D eigenvalue weighted by molar-refractivity contribution is -1.03. The first-order valence-electron chi connectivity index (χ1n) is 12.7. The second kappa shape index (κ2) is 11.4. The van der Waals surface area contributed by atoms with Gasteiger partial charge >= 0.3 is 0 Å². The number of carbonyl (C=O) groups excluding carboxylic acids is 1. The number of piperidine rings is 1. The van der Waals surface area contributed by atoms with Gasteiger partial charge in [0.05, 0.1) is 17.2 Å².